The number of nitrogens with zero attached hydrogens (tertiary/aromatic N) is 3. The first-order valence-corrected chi connectivity index (χ1v) is 11.0. The monoisotopic (exact) mass is 437 g/mol. The third-order valence-electron chi connectivity index (χ3n) is 4.59. The van der Waals surface area contributed by atoms with Crippen LogP contribution in [0, 0.1) is 0 Å². The van der Waals surface area contributed by atoms with Gasteiger partial charge < -0.3 is 9.47 Å². The summed E-state index contributed by atoms with van der Waals surface area (Å²) in [7, 11) is 1.63. The predicted octanol–water partition coefficient (Wildman–Crippen LogP) is 4.00. The van der Waals surface area contributed by atoms with Crippen molar-refractivity contribution in [2.24, 2.45) is 0 Å². The highest BCUT2D eigenvalue weighted by Gasteiger charge is 2.24. The van der Waals surface area contributed by atoms with Gasteiger partial charge in [-0.1, -0.05) is 22.9 Å². The quantitative estimate of drug-likeness (QED) is 0.583. The van der Waals surface area contributed by atoms with Gasteiger partial charge in [0, 0.05) is 32.2 Å². The van der Waals surface area contributed by atoms with E-state index in [-0.39, 0.29) is 5.91 Å². The molecule has 28 heavy (non-hydrogen) atoms. The van der Waals surface area contributed by atoms with E-state index in [2.05, 4.69) is 4.90 Å². The molecule has 3 aromatic rings. The molecule has 0 unspecified atom stereocenters. The van der Waals surface area contributed by atoms with E-state index in [1.54, 1.807) is 24.1 Å². The lowest BCUT2D eigenvalue weighted by Crippen LogP contribution is -2.43. The van der Waals surface area contributed by atoms with Gasteiger partial charge in [-0.25, -0.2) is 4.98 Å². The maximum atomic E-state index is 13.2. The zero-order valence-electron chi connectivity index (χ0n) is 15.4. The molecular weight excluding hydrogens is 418 g/mol. The zero-order chi connectivity index (χ0) is 19.5. The molecule has 0 aliphatic carbocycles. The highest BCUT2D eigenvalue weighted by molar-refractivity contribution is 7.22. The lowest BCUT2D eigenvalue weighted by molar-refractivity contribution is 0.0391. The number of rotatable bonds is 6. The Morgan fingerprint density at radius 2 is 2.11 bits per heavy atom. The van der Waals surface area contributed by atoms with Crippen molar-refractivity contribution < 1.29 is 14.3 Å². The molecule has 0 saturated carbocycles. The van der Waals surface area contributed by atoms with Crippen molar-refractivity contribution in [3.63, 3.8) is 0 Å². The van der Waals surface area contributed by atoms with E-state index < -0.39 is 0 Å². The van der Waals surface area contributed by atoms with E-state index in [0.29, 0.717) is 20.9 Å². The van der Waals surface area contributed by atoms with Gasteiger partial charge in [0.15, 0.2) is 5.13 Å². The molecule has 3 heterocycles. The topological polar surface area (TPSA) is 54.9 Å². The van der Waals surface area contributed by atoms with E-state index in [9.17, 15) is 4.79 Å². The van der Waals surface area contributed by atoms with Crippen LogP contribution < -0.4 is 9.64 Å². The number of hydrogen-bond acceptors (Lipinski definition) is 7. The number of thiazole rings is 1. The van der Waals surface area contributed by atoms with Crippen LogP contribution in [0.4, 0.5) is 5.13 Å². The van der Waals surface area contributed by atoms with Crippen LogP contribution in [0.25, 0.3) is 10.2 Å². The maximum Gasteiger partial charge on any atom is 0.270 e. The van der Waals surface area contributed by atoms with E-state index in [1.807, 2.05) is 18.2 Å². The van der Waals surface area contributed by atoms with Crippen LogP contribution in [-0.2, 0) is 4.74 Å². The summed E-state index contributed by atoms with van der Waals surface area (Å²) in [4.78, 5) is 22.6. The summed E-state index contributed by atoms with van der Waals surface area (Å²) in [5.41, 5.74) is 0.827. The molecule has 1 saturated heterocycles. The van der Waals surface area contributed by atoms with Crippen molar-refractivity contribution in [3.8, 4) is 5.75 Å². The number of benzene rings is 1. The number of methoxy groups -OCH3 is 1. The molecule has 4 rings (SSSR count). The second-order valence-corrected chi connectivity index (χ2v) is 9.07. The molecule has 0 atom stereocenters. The minimum absolute atomic E-state index is 0.0730. The fourth-order valence-corrected chi connectivity index (χ4v) is 5.01. The number of hydrogen-bond donors (Lipinski definition) is 0. The van der Waals surface area contributed by atoms with Crippen molar-refractivity contribution >= 4 is 55.5 Å². The van der Waals surface area contributed by atoms with Gasteiger partial charge >= 0.3 is 0 Å². The second-order valence-electron chi connectivity index (χ2n) is 6.34. The normalized spacial score (nSPS) is 15.1. The standard InChI is InChI=1S/C19H20ClN3O3S2/c1-25-13-2-3-15-14(12-13)21-19(28-15)23(7-6-22-8-10-26-11-9-22)18(24)16-4-5-17(20)27-16/h2-5,12H,6-11H2,1H3. The zero-order valence-corrected chi connectivity index (χ0v) is 17.8. The van der Waals surface area contributed by atoms with Crippen molar-refractivity contribution in [3.05, 3.63) is 39.5 Å². The molecule has 1 aliphatic rings. The summed E-state index contributed by atoms with van der Waals surface area (Å²) in [5, 5.41) is 0.686. The molecule has 0 bridgehead atoms. The number of carbonyl (C=O) groups is 1. The molecule has 0 radical (unpaired) electrons. The Kier molecular flexibility index (Phi) is 6.13. The van der Waals surface area contributed by atoms with Crippen LogP contribution in [0.15, 0.2) is 30.3 Å². The highest BCUT2D eigenvalue weighted by Crippen LogP contribution is 2.33. The fraction of sp³-hybridized carbons (Fsp3) is 0.368. The molecule has 0 spiro atoms. The third kappa shape index (κ3) is 4.31. The lowest BCUT2D eigenvalue weighted by Gasteiger charge is -2.29. The van der Waals surface area contributed by atoms with E-state index >= 15 is 0 Å². The predicted molar refractivity (Wildman–Crippen MR) is 114 cm³/mol. The molecule has 148 valence electrons. The summed E-state index contributed by atoms with van der Waals surface area (Å²) >= 11 is 8.85. The van der Waals surface area contributed by atoms with E-state index in [4.69, 9.17) is 26.1 Å². The van der Waals surface area contributed by atoms with Crippen LogP contribution in [0.3, 0.4) is 0 Å². The minimum Gasteiger partial charge on any atom is -0.497 e. The SMILES string of the molecule is COc1ccc2sc(N(CCN3CCOCC3)C(=O)c3ccc(Cl)s3)nc2c1. The van der Waals surface area contributed by atoms with E-state index in [0.717, 1.165) is 48.8 Å². The Hall–Kier alpha value is -1.71. The molecule has 1 fully saturated rings. The van der Waals surface area contributed by atoms with Crippen molar-refractivity contribution in [1.82, 2.24) is 9.88 Å². The number of morpholine rings is 1. The van der Waals surface area contributed by atoms with Gasteiger partial charge in [0.1, 0.15) is 5.75 Å². The van der Waals surface area contributed by atoms with Crippen LogP contribution in [0.5, 0.6) is 5.75 Å². The van der Waals surface area contributed by atoms with Crippen LogP contribution in [0.1, 0.15) is 9.67 Å². The van der Waals surface area contributed by atoms with Gasteiger partial charge in [0.25, 0.3) is 5.91 Å². The van der Waals surface area contributed by atoms with Crippen LogP contribution >= 0.6 is 34.3 Å². The summed E-state index contributed by atoms with van der Waals surface area (Å²) in [6.45, 7) is 4.55. The molecule has 6 nitrogen and oxygen atoms in total. The molecule has 9 heteroatoms. The third-order valence-corrected chi connectivity index (χ3v) is 6.87. The van der Waals surface area contributed by atoms with Gasteiger partial charge in [-0.2, -0.15) is 0 Å². The molecule has 2 aromatic heterocycles. The summed E-state index contributed by atoms with van der Waals surface area (Å²) in [6, 6.07) is 9.30. The first kappa shape index (κ1) is 19.6. The number of thiophene rings is 1. The van der Waals surface area contributed by atoms with Crippen LogP contribution in [0.2, 0.25) is 4.34 Å². The highest BCUT2D eigenvalue weighted by atomic mass is 35.5. The van der Waals surface area contributed by atoms with Crippen LogP contribution in [-0.4, -0.2) is 62.3 Å². The number of amides is 1. The molecule has 1 aliphatic heterocycles. The Balaban J connectivity index is 1.62. The molecule has 1 amide bonds. The number of halogens is 1. The van der Waals surface area contributed by atoms with Gasteiger partial charge in [0.05, 0.1) is 39.8 Å². The van der Waals surface area contributed by atoms with Crippen molar-refractivity contribution in [1.29, 1.82) is 0 Å². The van der Waals surface area contributed by atoms with Gasteiger partial charge in [-0.15, -0.1) is 11.3 Å². The number of aromatic nitrogens is 1. The largest absolute Gasteiger partial charge is 0.497 e. The average molecular weight is 438 g/mol. The average Bonchev–Trinajstić information content (AvgIpc) is 3.34. The Labute approximate surface area is 176 Å². The number of ether oxygens (including phenoxy) is 2. The molecular formula is C19H20ClN3O3S2. The van der Waals surface area contributed by atoms with Crippen molar-refractivity contribution in [2.75, 3.05) is 51.4 Å². The Bertz CT molecular complexity index is 968. The first-order chi connectivity index (χ1) is 13.6. The van der Waals surface area contributed by atoms with Crippen molar-refractivity contribution in [2.45, 2.75) is 0 Å². The summed E-state index contributed by atoms with van der Waals surface area (Å²) in [5.74, 6) is 0.678. The van der Waals surface area contributed by atoms with E-state index in [1.165, 1.54) is 22.7 Å². The maximum absolute atomic E-state index is 13.2. The Morgan fingerprint density at radius 3 is 2.82 bits per heavy atom. The molecule has 1 aromatic carbocycles. The second kappa shape index (κ2) is 8.75. The summed E-state index contributed by atoms with van der Waals surface area (Å²) in [6.07, 6.45) is 0. The fourth-order valence-electron chi connectivity index (χ4n) is 3.05. The smallest absolute Gasteiger partial charge is 0.270 e. The first-order valence-electron chi connectivity index (χ1n) is 8.96. The molecule has 0 N–H and O–H groups in total. The van der Waals surface area contributed by atoms with Gasteiger partial charge in [-0.05, 0) is 24.3 Å². The number of fused-ring (bicyclic) bond motifs is 1. The Morgan fingerprint density at radius 1 is 1.29 bits per heavy atom. The number of carbonyl (C=O) groups excluding carboxylic acids is 1. The lowest BCUT2D eigenvalue weighted by atomic mass is 10.3. The summed E-state index contributed by atoms with van der Waals surface area (Å²) < 4.78 is 12.3. The number of anilines is 1. The minimum atomic E-state index is -0.0730. The van der Waals surface area contributed by atoms with Gasteiger partial charge in [-0.3, -0.25) is 14.6 Å². The van der Waals surface area contributed by atoms with Gasteiger partial charge in [0.2, 0.25) is 0 Å².